The second-order valence-corrected chi connectivity index (χ2v) is 4.33. The fourth-order valence-electron chi connectivity index (χ4n) is 0.935. The monoisotopic (exact) mass is 223 g/mol. The Balaban J connectivity index is 2.98. The van der Waals surface area contributed by atoms with Crippen molar-refractivity contribution >= 4 is 17.4 Å². The number of nitrogens with zero attached hydrogens (tertiary/aromatic N) is 2. The van der Waals surface area contributed by atoms with Gasteiger partial charge in [-0.3, -0.25) is 14.9 Å². The van der Waals surface area contributed by atoms with Gasteiger partial charge in [-0.1, -0.05) is 20.8 Å². The van der Waals surface area contributed by atoms with Crippen LogP contribution < -0.4 is 5.32 Å². The summed E-state index contributed by atoms with van der Waals surface area (Å²) in [7, 11) is 0. The van der Waals surface area contributed by atoms with Crippen molar-refractivity contribution in [3.63, 3.8) is 0 Å². The number of carbonyl (C=O) groups is 1. The number of rotatable bonds is 2. The molecule has 1 rings (SSSR count). The Morgan fingerprint density at radius 2 is 2.12 bits per heavy atom. The van der Waals surface area contributed by atoms with Crippen LogP contribution in [0.1, 0.15) is 20.8 Å². The first-order valence-electron chi connectivity index (χ1n) is 4.73. The van der Waals surface area contributed by atoms with Crippen molar-refractivity contribution < 1.29 is 9.72 Å². The van der Waals surface area contributed by atoms with Crippen molar-refractivity contribution in [3.05, 3.63) is 28.4 Å². The summed E-state index contributed by atoms with van der Waals surface area (Å²) in [4.78, 5) is 25.5. The van der Waals surface area contributed by atoms with E-state index in [-0.39, 0.29) is 17.4 Å². The van der Waals surface area contributed by atoms with E-state index < -0.39 is 10.3 Å². The topological polar surface area (TPSA) is 85.1 Å². The van der Waals surface area contributed by atoms with Gasteiger partial charge >= 0.3 is 5.69 Å². The van der Waals surface area contributed by atoms with E-state index in [1.165, 1.54) is 18.3 Å². The summed E-state index contributed by atoms with van der Waals surface area (Å²) >= 11 is 0. The fraction of sp³-hybridized carbons (Fsp3) is 0.400. The van der Waals surface area contributed by atoms with Crippen LogP contribution in [0.4, 0.5) is 11.5 Å². The minimum absolute atomic E-state index is 0.0209. The van der Waals surface area contributed by atoms with E-state index in [0.29, 0.717) is 0 Å². The third kappa shape index (κ3) is 2.75. The smallest absolute Gasteiger partial charge is 0.304 e. The Morgan fingerprint density at radius 3 is 2.62 bits per heavy atom. The average Bonchev–Trinajstić information content (AvgIpc) is 2.16. The van der Waals surface area contributed by atoms with Crippen LogP contribution in [0.5, 0.6) is 0 Å². The number of pyridine rings is 1. The van der Waals surface area contributed by atoms with Gasteiger partial charge in [-0.2, -0.15) is 0 Å². The van der Waals surface area contributed by atoms with Gasteiger partial charge in [0.05, 0.1) is 4.92 Å². The van der Waals surface area contributed by atoms with Crippen LogP contribution in [-0.4, -0.2) is 15.8 Å². The lowest BCUT2D eigenvalue weighted by atomic mass is 9.96. The van der Waals surface area contributed by atoms with Gasteiger partial charge in [0.15, 0.2) is 0 Å². The van der Waals surface area contributed by atoms with Gasteiger partial charge in [0.1, 0.15) is 0 Å². The Labute approximate surface area is 92.8 Å². The van der Waals surface area contributed by atoms with Gasteiger partial charge in [-0.05, 0) is 6.07 Å². The molecule has 1 heterocycles. The second kappa shape index (κ2) is 4.26. The number of hydrogen-bond acceptors (Lipinski definition) is 4. The van der Waals surface area contributed by atoms with Crippen LogP contribution in [-0.2, 0) is 4.79 Å². The predicted octanol–water partition coefficient (Wildman–Crippen LogP) is 1.97. The maximum atomic E-state index is 11.6. The lowest BCUT2D eigenvalue weighted by molar-refractivity contribution is -0.384. The van der Waals surface area contributed by atoms with Crippen molar-refractivity contribution in [1.82, 2.24) is 4.98 Å². The molecule has 0 unspecified atom stereocenters. The Bertz CT molecular complexity index is 424. The normalized spacial score (nSPS) is 10.9. The van der Waals surface area contributed by atoms with Crippen molar-refractivity contribution in [2.24, 2.45) is 5.41 Å². The first-order chi connectivity index (χ1) is 7.32. The number of carbonyl (C=O) groups excluding carboxylic acids is 1. The molecule has 1 amide bonds. The van der Waals surface area contributed by atoms with Crippen LogP contribution in [0.3, 0.4) is 0 Å². The SMILES string of the molecule is CC(C)(C)C(=O)Nc1ncccc1[N+](=O)[O-]. The number of anilines is 1. The molecule has 0 aromatic carbocycles. The fourth-order valence-corrected chi connectivity index (χ4v) is 0.935. The molecule has 6 heteroatoms. The molecule has 0 radical (unpaired) electrons. The van der Waals surface area contributed by atoms with Gasteiger partial charge < -0.3 is 5.32 Å². The molecular formula is C10H13N3O3. The molecule has 16 heavy (non-hydrogen) atoms. The largest absolute Gasteiger partial charge is 0.311 e. The lowest BCUT2D eigenvalue weighted by Crippen LogP contribution is -2.28. The molecule has 6 nitrogen and oxygen atoms in total. The summed E-state index contributed by atoms with van der Waals surface area (Å²) in [6, 6.07) is 2.75. The van der Waals surface area contributed by atoms with E-state index in [4.69, 9.17) is 0 Å². The highest BCUT2D eigenvalue weighted by Gasteiger charge is 2.24. The Hall–Kier alpha value is -1.98. The zero-order chi connectivity index (χ0) is 12.3. The van der Waals surface area contributed by atoms with Gasteiger partial charge in [-0.25, -0.2) is 4.98 Å². The highest BCUT2D eigenvalue weighted by Crippen LogP contribution is 2.23. The molecule has 0 fully saturated rings. The van der Waals surface area contributed by atoms with E-state index in [9.17, 15) is 14.9 Å². The molecule has 0 spiro atoms. The minimum Gasteiger partial charge on any atom is -0.304 e. The summed E-state index contributed by atoms with van der Waals surface area (Å²) in [5, 5.41) is 13.1. The van der Waals surface area contributed by atoms with Crippen molar-refractivity contribution in [2.75, 3.05) is 5.32 Å². The van der Waals surface area contributed by atoms with E-state index in [1.54, 1.807) is 20.8 Å². The van der Waals surface area contributed by atoms with Crippen LogP contribution in [0.25, 0.3) is 0 Å². The second-order valence-electron chi connectivity index (χ2n) is 4.33. The molecule has 0 saturated heterocycles. The average molecular weight is 223 g/mol. The van der Waals surface area contributed by atoms with E-state index in [0.717, 1.165) is 0 Å². The van der Waals surface area contributed by atoms with Crippen LogP contribution in [0.2, 0.25) is 0 Å². The van der Waals surface area contributed by atoms with E-state index in [2.05, 4.69) is 10.3 Å². The third-order valence-corrected chi connectivity index (χ3v) is 1.90. The van der Waals surface area contributed by atoms with E-state index >= 15 is 0 Å². The minimum atomic E-state index is -0.620. The molecule has 86 valence electrons. The van der Waals surface area contributed by atoms with Gasteiger partial charge in [0, 0.05) is 17.7 Å². The Kier molecular flexibility index (Phi) is 3.22. The van der Waals surface area contributed by atoms with E-state index in [1.807, 2.05) is 0 Å². The highest BCUT2D eigenvalue weighted by atomic mass is 16.6. The number of nitrogens with one attached hydrogen (secondary N) is 1. The predicted molar refractivity (Wildman–Crippen MR) is 59.0 cm³/mol. The summed E-state index contributed by atoms with van der Waals surface area (Å²) in [6.07, 6.45) is 1.39. The molecule has 0 atom stereocenters. The van der Waals surface area contributed by atoms with Crippen LogP contribution in [0.15, 0.2) is 18.3 Å². The maximum absolute atomic E-state index is 11.6. The molecule has 0 aliphatic carbocycles. The van der Waals surface area contributed by atoms with Crippen molar-refractivity contribution in [2.45, 2.75) is 20.8 Å². The molecule has 1 N–H and O–H groups in total. The number of amides is 1. The van der Waals surface area contributed by atoms with Gasteiger partial charge in [-0.15, -0.1) is 0 Å². The molecule has 0 aliphatic heterocycles. The quantitative estimate of drug-likeness (QED) is 0.613. The van der Waals surface area contributed by atoms with Crippen LogP contribution >= 0.6 is 0 Å². The van der Waals surface area contributed by atoms with Gasteiger partial charge in [0.2, 0.25) is 11.7 Å². The molecule has 1 aromatic heterocycles. The highest BCUT2D eigenvalue weighted by molar-refractivity contribution is 5.95. The maximum Gasteiger partial charge on any atom is 0.311 e. The first-order valence-corrected chi connectivity index (χ1v) is 4.73. The summed E-state index contributed by atoms with van der Waals surface area (Å²) < 4.78 is 0. The van der Waals surface area contributed by atoms with Crippen LogP contribution in [0, 0.1) is 15.5 Å². The lowest BCUT2D eigenvalue weighted by Gasteiger charge is -2.16. The standard InChI is InChI=1S/C10H13N3O3/c1-10(2,3)9(14)12-8-7(13(15)16)5-4-6-11-8/h4-6H,1-3H3,(H,11,12,14). The number of hydrogen-bond donors (Lipinski definition) is 1. The summed E-state index contributed by atoms with van der Waals surface area (Å²) in [6.45, 7) is 5.16. The molecule has 0 bridgehead atoms. The number of nitro groups is 1. The molecule has 1 aromatic rings. The van der Waals surface area contributed by atoms with Crippen molar-refractivity contribution in [1.29, 1.82) is 0 Å². The van der Waals surface area contributed by atoms with Crippen molar-refractivity contribution in [3.8, 4) is 0 Å². The zero-order valence-corrected chi connectivity index (χ0v) is 9.35. The Morgan fingerprint density at radius 1 is 1.50 bits per heavy atom. The first kappa shape index (κ1) is 12.1. The molecular weight excluding hydrogens is 210 g/mol. The summed E-state index contributed by atoms with van der Waals surface area (Å²) in [5.74, 6) is -0.332. The molecule has 0 aliphatic rings. The summed E-state index contributed by atoms with van der Waals surface area (Å²) in [5.41, 5.74) is -0.828. The molecule has 0 saturated carbocycles. The van der Waals surface area contributed by atoms with Gasteiger partial charge in [0.25, 0.3) is 0 Å². The zero-order valence-electron chi connectivity index (χ0n) is 9.35. The number of aromatic nitrogens is 1. The third-order valence-electron chi connectivity index (χ3n) is 1.90.